The fraction of sp³-hybridized carbons (Fsp3) is 0.0455. The standard InChI is InChI=1S/C22H17ClN4O2/c1-29-21-11-9-17(14-18(21)23)27-25-19-10-8-16(13-20(19)26-27)24-22(28)12-7-15-5-3-2-4-6-15/h2-14H,1H3,(H,24,28)/b12-7+. The molecule has 0 radical (unpaired) electrons. The van der Waals surface area contributed by atoms with E-state index in [1.807, 2.05) is 36.4 Å². The predicted molar refractivity (Wildman–Crippen MR) is 115 cm³/mol. The zero-order chi connectivity index (χ0) is 20.2. The predicted octanol–water partition coefficient (Wildman–Crippen LogP) is 4.73. The largest absolute Gasteiger partial charge is 0.495 e. The Morgan fingerprint density at radius 1 is 1.03 bits per heavy atom. The maximum Gasteiger partial charge on any atom is 0.248 e. The third-order valence-electron chi connectivity index (χ3n) is 4.24. The summed E-state index contributed by atoms with van der Waals surface area (Å²) in [6.07, 6.45) is 3.26. The van der Waals surface area contributed by atoms with Crippen LogP contribution in [0.5, 0.6) is 5.75 Å². The molecule has 0 bridgehead atoms. The number of amides is 1. The molecule has 1 aromatic heterocycles. The number of aromatic nitrogens is 3. The van der Waals surface area contributed by atoms with E-state index >= 15 is 0 Å². The number of benzene rings is 3. The van der Waals surface area contributed by atoms with Crippen molar-refractivity contribution in [2.45, 2.75) is 0 Å². The lowest BCUT2D eigenvalue weighted by Gasteiger charge is -2.04. The molecule has 6 nitrogen and oxygen atoms in total. The number of fused-ring (bicyclic) bond motifs is 1. The van der Waals surface area contributed by atoms with Gasteiger partial charge in [-0.15, -0.1) is 10.2 Å². The average molecular weight is 405 g/mol. The molecule has 0 aliphatic carbocycles. The number of ether oxygens (including phenoxy) is 1. The van der Waals surface area contributed by atoms with Crippen molar-refractivity contribution >= 4 is 40.3 Å². The van der Waals surface area contributed by atoms with Crippen LogP contribution in [0.3, 0.4) is 0 Å². The monoisotopic (exact) mass is 404 g/mol. The fourth-order valence-corrected chi connectivity index (χ4v) is 3.06. The van der Waals surface area contributed by atoms with Crippen molar-refractivity contribution in [2.75, 3.05) is 12.4 Å². The minimum absolute atomic E-state index is 0.220. The quantitative estimate of drug-likeness (QED) is 0.488. The molecule has 0 saturated heterocycles. The number of carbonyl (C=O) groups is 1. The number of nitrogens with one attached hydrogen (secondary N) is 1. The lowest BCUT2D eigenvalue weighted by molar-refractivity contribution is -0.111. The van der Waals surface area contributed by atoms with Crippen LogP contribution in [0.15, 0.2) is 72.8 Å². The molecule has 0 aliphatic heterocycles. The van der Waals surface area contributed by atoms with Crippen LogP contribution in [0.2, 0.25) is 5.02 Å². The van der Waals surface area contributed by atoms with Crippen molar-refractivity contribution < 1.29 is 9.53 Å². The van der Waals surface area contributed by atoms with Crippen molar-refractivity contribution in [3.05, 3.63) is 83.4 Å². The lowest BCUT2D eigenvalue weighted by atomic mass is 10.2. The second kappa shape index (κ2) is 8.16. The molecule has 3 aromatic carbocycles. The Morgan fingerprint density at radius 2 is 1.83 bits per heavy atom. The number of hydrogen-bond acceptors (Lipinski definition) is 4. The highest BCUT2D eigenvalue weighted by molar-refractivity contribution is 6.32. The summed E-state index contributed by atoms with van der Waals surface area (Å²) in [7, 11) is 1.56. The summed E-state index contributed by atoms with van der Waals surface area (Å²) in [5.74, 6) is 0.364. The Kier molecular flexibility index (Phi) is 5.27. The number of nitrogens with zero attached hydrogens (tertiary/aromatic N) is 3. The fourth-order valence-electron chi connectivity index (χ4n) is 2.81. The van der Waals surface area contributed by atoms with Gasteiger partial charge in [-0.3, -0.25) is 4.79 Å². The van der Waals surface area contributed by atoms with Crippen molar-refractivity contribution in [1.82, 2.24) is 15.0 Å². The molecule has 0 fully saturated rings. The van der Waals surface area contributed by atoms with E-state index in [2.05, 4.69) is 15.5 Å². The van der Waals surface area contributed by atoms with Crippen molar-refractivity contribution in [3.8, 4) is 11.4 Å². The van der Waals surface area contributed by atoms with Crippen LogP contribution in [0.1, 0.15) is 5.56 Å². The summed E-state index contributed by atoms with van der Waals surface area (Å²) >= 11 is 6.19. The SMILES string of the molecule is COc1ccc(-n2nc3ccc(NC(=O)/C=C/c4ccccc4)cc3n2)cc1Cl. The minimum atomic E-state index is -0.220. The topological polar surface area (TPSA) is 69.0 Å². The molecule has 0 aliphatic rings. The van der Waals surface area contributed by atoms with Gasteiger partial charge in [0.15, 0.2) is 0 Å². The summed E-state index contributed by atoms with van der Waals surface area (Å²) < 4.78 is 5.17. The van der Waals surface area contributed by atoms with Crippen LogP contribution in [-0.4, -0.2) is 28.0 Å². The third kappa shape index (κ3) is 4.28. The van der Waals surface area contributed by atoms with E-state index in [-0.39, 0.29) is 5.91 Å². The second-order valence-corrected chi connectivity index (χ2v) is 6.65. The zero-order valence-electron chi connectivity index (χ0n) is 15.5. The van der Waals surface area contributed by atoms with Gasteiger partial charge in [-0.2, -0.15) is 4.80 Å². The third-order valence-corrected chi connectivity index (χ3v) is 4.54. The highest BCUT2D eigenvalue weighted by Gasteiger charge is 2.09. The molecular weight excluding hydrogens is 388 g/mol. The van der Waals surface area contributed by atoms with Gasteiger partial charge in [-0.05, 0) is 48.0 Å². The Hall–Kier alpha value is -3.64. The van der Waals surface area contributed by atoms with Gasteiger partial charge in [0.05, 0.1) is 17.8 Å². The van der Waals surface area contributed by atoms with Crippen LogP contribution >= 0.6 is 11.6 Å². The lowest BCUT2D eigenvalue weighted by Crippen LogP contribution is -2.07. The molecule has 29 heavy (non-hydrogen) atoms. The van der Waals surface area contributed by atoms with E-state index in [4.69, 9.17) is 16.3 Å². The van der Waals surface area contributed by atoms with E-state index in [0.717, 1.165) is 5.56 Å². The second-order valence-electron chi connectivity index (χ2n) is 6.25. The van der Waals surface area contributed by atoms with Gasteiger partial charge in [0.25, 0.3) is 0 Å². The molecule has 7 heteroatoms. The van der Waals surface area contributed by atoms with Gasteiger partial charge in [-0.25, -0.2) is 0 Å². The molecule has 1 N–H and O–H groups in total. The number of methoxy groups -OCH3 is 1. The van der Waals surface area contributed by atoms with E-state index in [1.54, 1.807) is 43.5 Å². The normalized spacial score (nSPS) is 11.1. The van der Waals surface area contributed by atoms with Crippen LogP contribution in [0, 0.1) is 0 Å². The van der Waals surface area contributed by atoms with Gasteiger partial charge >= 0.3 is 0 Å². The number of anilines is 1. The molecule has 0 spiro atoms. The molecule has 4 aromatic rings. The first-order chi connectivity index (χ1) is 14.1. The summed E-state index contributed by atoms with van der Waals surface area (Å²) in [6, 6.07) is 20.3. The summed E-state index contributed by atoms with van der Waals surface area (Å²) in [5, 5.41) is 12.2. The number of halogens is 1. The first kappa shape index (κ1) is 18.7. The molecule has 0 unspecified atom stereocenters. The summed E-state index contributed by atoms with van der Waals surface area (Å²) in [4.78, 5) is 13.7. The van der Waals surface area contributed by atoms with Gasteiger partial charge in [0.1, 0.15) is 16.8 Å². The Bertz CT molecular complexity index is 1200. The number of carbonyl (C=O) groups excluding carboxylic acids is 1. The van der Waals surface area contributed by atoms with Crippen molar-refractivity contribution in [2.24, 2.45) is 0 Å². The van der Waals surface area contributed by atoms with E-state index in [1.165, 1.54) is 10.9 Å². The van der Waals surface area contributed by atoms with Crippen LogP contribution < -0.4 is 10.1 Å². The molecule has 144 valence electrons. The van der Waals surface area contributed by atoms with Gasteiger partial charge in [0.2, 0.25) is 5.91 Å². The molecule has 4 rings (SSSR count). The van der Waals surface area contributed by atoms with E-state index in [0.29, 0.717) is 33.2 Å². The van der Waals surface area contributed by atoms with Gasteiger partial charge < -0.3 is 10.1 Å². The average Bonchev–Trinajstić information content (AvgIpc) is 3.16. The highest BCUT2D eigenvalue weighted by Crippen LogP contribution is 2.26. The van der Waals surface area contributed by atoms with Gasteiger partial charge in [-0.1, -0.05) is 41.9 Å². The van der Waals surface area contributed by atoms with E-state index in [9.17, 15) is 4.79 Å². The van der Waals surface area contributed by atoms with Crippen LogP contribution in [-0.2, 0) is 4.79 Å². The Balaban J connectivity index is 1.53. The maximum atomic E-state index is 12.2. The molecule has 1 heterocycles. The zero-order valence-corrected chi connectivity index (χ0v) is 16.3. The van der Waals surface area contributed by atoms with Crippen molar-refractivity contribution in [3.63, 3.8) is 0 Å². The Labute approximate surface area is 172 Å². The molecule has 1 amide bonds. The molecule has 0 atom stereocenters. The molecular formula is C22H17ClN4O2. The summed E-state index contributed by atoms with van der Waals surface area (Å²) in [5.41, 5.74) is 3.67. The highest BCUT2D eigenvalue weighted by atomic mass is 35.5. The van der Waals surface area contributed by atoms with Crippen LogP contribution in [0.4, 0.5) is 5.69 Å². The Morgan fingerprint density at radius 3 is 2.59 bits per heavy atom. The number of hydrogen-bond donors (Lipinski definition) is 1. The van der Waals surface area contributed by atoms with Gasteiger partial charge in [0, 0.05) is 11.8 Å². The van der Waals surface area contributed by atoms with E-state index < -0.39 is 0 Å². The smallest absolute Gasteiger partial charge is 0.248 e. The first-order valence-electron chi connectivity index (χ1n) is 8.87. The first-order valence-corrected chi connectivity index (χ1v) is 9.25. The minimum Gasteiger partial charge on any atom is -0.495 e. The molecule has 0 saturated carbocycles. The van der Waals surface area contributed by atoms with Crippen molar-refractivity contribution in [1.29, 1.82) is 0 Å². The van der Waals surface area contributed by atoms with Crippen LogP contribution in [0.25, 0.3) is 22.8 Å². The summed E-state index contributed by atoms with van der Waals surface area (Å²) in [6.45, 7) is 0. The number of rotatable bonds is 5. The maximum absolute atomic E-state index is 12.2.